The molecule has 24 heavy (non-hydrogen) atoms. The van der Waals surface area contributed by atoms with Gasteiger partial charge in [-0.3, -0.25) is 15.1 Å². The Hall–Kier alpha value is -2.04. The maximum atomic E-state index is 12.5. The van der Waals surface area contributed by atoms with Crippen LogP contribution in [-0.2, 0) is 11.2 Å². The molecule has 2 fully saturated rings. The van der Waals surface area contributed by atoms with Gasteiger partial charge in [-0.05, 0) is 42.9 Å². The molecule has 3 N–H and O–H groups in total. The fourth-order valence-corrected chi connectivity index (χ4v) is 3.80. The number of amides is 1. The van der Waals surface area contributed by atoms with Gasteiger partial charge in [-0.25, -0.2) is 0 Å². The molecular weight excluding hydrogens is 302 g/mol. The lowest BCUT2D eigenvalue weighted by molar-refractivity contribution is -0.127. The molecule has 1 aliphatic carbocycles. The van der Waals surface area contributed by atoms with Gasteiger partial charge in [-0.15, -0.1) is 0 Å². The molecule has 2 aliphatic rings. The van der Waals surface area contributed by atoms with Crippen LogP contribution in [0.25, 0.3) is 0 Å². The summed E-state index contributed by atoms with van der Waals surface area (Å²) in [5.74, 6) is 1.27. The van der Waals surface area contributed by atoms with Crippen molar-refractivity contribution < 1.29 is 9.90 Å². The average molecular weight is 329 g/mol. The zero-order valence-electron chi connectivity index (χ0n) is 14.1. The highest BCUT2D eigenvalue weighted by atomic mass is 16.3. The minimum absolute atomic E-state index is 0.0367. The highest BCUT2D eigenvalue weighted by molar-refractivity contribution is 6.05. The molecule has 1 aromatic rings. The highest BCUT2D eigenvalue weighted by Crippen LogP contribution is 2.28. The molecule has 1 atom stereocenters. The summed E-state index contributed by atoms with van der Waals surface area (Å²) in [6.45, 7) is 0.509. The van der Waals surface area contributed by atoms with E-state index in [1.165, 1.54) is 32.1 Å². The largest absolute Gasteiger partial charge is 0.508 e. The van der Waals surface area contributed by atoms with Crippen LogP contribution in [-0.4, -0.2) is 34.5 Å². The van der Waals surface area contributed by atoms with Crippen molar-refractivity contribution in [2.45, 2.75) is 57.4 Å². The summed E-state index contributed by atoms with van der Waals surface area (Å²) in [6.07, 6.45) is 9.20. The third-order valence-electron chi connectivity index (χ3n) is 5.29. The molecule has 1 saturated carbocycles. The first-order valence-corrected chi connectivity index (χ1v) is 9.08. The van der Waals surface area contributed by atoms with E-state index in [1.54, 1.807) is 17.0 Å². The van der Waals surface area contributed by atoms with E-state index in [4.69, 9.17) is 5.41 Å². The minimum atomic E-state index is -0.223. The Balaban J connectivity index is 1.48. The van der Waals surface area contributed by atoms with Gasteiger partial charge >= 0.3 is 0 Å². The number of phenolic OH excluding ortho intramolecular Hbond substituents is 1. The first-order chi connectivity index (χ1) is 11.6. The van der Waals surface area contributed by atoms with Crippen LogP contribution in [0.5, 0.6) is 5.75 Å². The lowest BCUT2D eigenvalue weighted by Crippen LogP contribution is -2.33. The van der Waals surface area contributed by atoms with E-state index < -0.39 is 0 Å². The van der Waals surface area contributed by atoms with Crippen molar-refractivity contribution in [1.29, 1.82) is 5.41 Å². The monoisotopic (exact) mass is 329 g/mol. The summed E-state index contributed by atoms with van der Waals surface area (Å²) in [4.78, 5) is 14.1. The van der Waals surface area contributed by atoms with Crippen LogP contribution in [0.15, 0.2) is 24.3 Å². The molecule has 5 heteroatoms. The molecule has 1 aliphatic heterocycles. The fraction of sp³-hybridized carbons (Fsp3) is 0.579. The van der Waals surface area contributed by atoms with Gasteiger partial charge in [0.05, 0.1) is 0 Å². The number of nitrogens with one attached hydrogen (secondary N) is 2. The molecule has 0 bridgehead atoms. The molecule has 1 saturated heterocycles. The van der Waals surface area contributed by atoms with E-state index >= 15 is 0 Å². The van der Waals surface area contributed by atoms with Crippen LogP contribution in [0.1, 0.15) is 50.5 Å². The van der Waals surface area contributed by atoms with Crippen LogP contribution >= 0.6 is 0 Å². The second kappa shape index (κ2) is 7.69. The summed E-state index contributed by atoms with van der Waals surface area (Å²) in [6, 6.07) is 6.79. The van der Waals surface area contributed by atoms with Crippen LogP contribution in [0.2, 0.25) is 0 Å². The fourth-order valence-electron chi connectivity index (χ4n) is 3.80. The predicted molar refractivity (Wildman–Crippen MR) is 94.0 cm³/mol. The van der Waals surface area contributed by atoms with Gasteiger partial charge in [0.15, 0.2) is 5.96 Å². The third kappa shape index (κ3) is 4.08. The van der Waals surface area contributed by atoms with Crippen molar-refractivity contribution in [2.24, 2.45) is 5.92 Å². The Morgan fingerprint density at radius 3 is 2.54 bits per heavy atom. The normalized spacial score (nSPS) is 22.0. The molecule has 0 spiro atoms. The van der Waals surface area contributed by atoms with Gasteiger partial charge in [0.1, 0.15) is 11.8 Å². The van der Waals surface area contributed by atoms with E-state index in [0.29, 0.717) is 13.0 Å². The Morgan fingerprint density at radius 2 is 1.83 bits per heavy atom. The number of hydrogen-bond donors (Lipinski definition) is 3. The number of carbonyl (C=O) groups excluding carboxylic acids is 1. The molecular formula is C19H27N3O2. The van der Waals surface area contributed by atoms with Gasteiger partial charge in [-0.2, -0.15) is 0 Å². The number of nitrogens with zero attached hydrogens (tertiary/aromatic N) is 1. The topological polar surface area (TPSA) is 76.4 Å². The highest BCUT2D eigenvalue weighted by Gasteiger charge is 2.35. The number of aromatic hydroxyl groups is 1. The van der Waals surface area contributed by atoms with E-state index in [0.717, 1.165) is 24.3 Å². The molecule has 1 amide bonds. The number of phenols is 1. The molecule has 1 unspecified atom stereocenters. The second-order valence-electron chi connectivity index (χ2n) is 7.03. The zero-order chi connectivity index (χ0) is 16.9. The summed E-state index contributed by atoms with van der Waals surface area (Å²) in [5.41, 5.74) is 1.05. The number of benzene rings is 1. The Kier molecular flexibility index (Phi) is 5.38. The Bertz CT molecular complexity index is 579. The summed E-state index contributed by atoms with van der Waals surface area (Å²) in [5, 5.41) is 20.4. The summed E-state index contributed by atoms with van der Waals surface area (Å²) in [7, 11) is 0. The number of hydrogen-bond acceptors (Lipinski definition) is 3. The maximum Gasteiger partial charge on any atom is 0.251 e. The standard InChI is InChI=1S/C19H27N3O2/c20-19-21-17(11-8-14-4-2-1-3-5-14)18(24)22(19)13-12-15-6-9-16(23)10-7-15/h6-7,9-10,14,17,23H,1-5,8,11-13H2,(H2,20,21). The molecule has 0 radical (unpaired) electrons. The second-order valence-corrected chi connectivity index (χ2v) is 7.03. The van der Waals surface area contributed by atoms with Crippen molar-refractivity contribution in [3.63, 3.8) is 0 Å². The molecule has 5 nitrogen and oxygen atoms in total. The van der Waals surface area contributed by atoms with Gasteiger partial charge < -0.3 is 10.4 Å². The van der Waals surface area contributed by atoms with Gasteiger partial charge in [0.2, 0.25) is 0 Å². The van der Waals surface area contributed by atoms with Crippen molar-refractivity contribution >= 4 is 11.9 Å². The number of carbonyl (C=O) groups is 1. The quantitative estimate of drug-likeness (QED) is 0.751. The summed E-state index contributed by atoms with van der Waals surface area (Å²) < 4.78 is 0. The van der Waals surface area contributed by atoms with Crippen molar-refractivity contribution in [3.8, 4) is 5.75 Å². The van der Waals surface area contributed by atoms with Crippen LogP contribution in [0.4, 0.5) is 0 Å². The van der Waals surface area contributed by atoms with Crippen molar-refractivity contribution in [2.75, 3.05) is 6.54 Å². The molecule has 130 valence electrons. The Morgan fingerprint density at radius 1 is 1.12 bits per heavy atom. The third-order valence-corrected chi connectivity index (χ3v) is 5.29. The van der Waals surface area contributed by atoms with Gasteiger partial charge in [-0.1, -0.05) is 44.2 Å². The van der Waals surface area contributed by atoms with E-state index in [2.05, 4.69) is 5.32 Å². The van der Waals surface area contributed by atoms with Crippen molar-refractivity contribution in [1.82, 2.24) is 10.2 Å². The smallest absolute Gasteiger partial charge is 0.251 e. The number of guanidine groups is 1. The molecule has 3 rings (SSSR count). The predicted octanol–water partition coefficient (Wildman–Crippen LogP) is 3.03. The average Bonchev–Trinajstić information content (AvgIpc) is 2.87. The SMILES string of the molecule is N=C1NC(CCC2CCCCC2)C(=O)N1CCc1ccc(O)cc1. The maximum absolute atomic E-state index is 12.5. The van der Waals surface area contributed by atoms with E-state index in [9.17, 15) is 9.90 Å². The first kappa shape index (κ1) is 16.8. The lowest BCUT2D eigenvalue weighted by atomic mass is 9.85. The molecule has 1 aromatic carbocycles. The van der Waals surface area contributed by atoms with Crippen molar-refractivity contribution in [3.05, 3.63) is 29.8 Å². The molecule has 0 aromatic heterocycles. The van der Waals surface area contributed by atoms with Crippen LogP contribution in [0.3, 0.4) is 0 Å². The Labute approximate surface area is 143 Å². The molecule has 1 heterocycles. The summed E-state index contributed by atoms with van der Waals surface area (Å²) >= 11 is 0. The zero-order valence-corrected chi connectivity index (χ0v) is 14.1. The lowest BCUT2D eigenvalue weighted by Gasteiger charge is -2.22. The van der Waals surface area contributed by atoms with Gasteiger partial charge in [0.25, 0.3) is 5.91 Å². The number of rotatable bonds is 6. The van der Waals surface area contributed by atoms with E-state index in [1.807, 2.05) is 12.1 Å². The van der Waals surface area contributed by atoms with Gasteiger partial charge in [0, 0.05) is 6.54 Å². The van der Waals surface area contributed by atoms with E-state index in [-0.39, 0.29) is 23.7 Å². The first-order valence-electron chi connectivity index (χ1n) is 9.08. The minimum Gasteiger partial charge on any atom is -0.508 e. The van der Waals surface area contributed by atoms with Crippen LogP contribution in [0, 0.1) is 11.3 Å². The van der Waals surface area contributed by atoms with Crippen LogP contribution < -0.4 is 5.32 Å².